The van der Waals surface area contributed by atoms with E-state index in [1.165, 1.54) is 55.5 Å². The summed E-state index contributed by atoms with van der Waals surface area (Å²) in [5, 5.41) is 20.8. The fourth-order valence-corrected chi connectivity index (χ4v) is 5.64. The van der Waals surface area contributed by atoms with Crippen LogP contribution in [0.25, 0.3) is 11.1 Å². The third-order valence-electron chi connectivity index (χ3n) is 6.64. The van der Waals surface area contributed by atoms with E-state index < -0.39 is 36.9 Å². The van der Waals surface area contributed by atoms with Gasteiger partial charge in [-0.3, -0.25) is 14.0 Å². The molecule has 0 aliphatic rings. The van der Waals surface area contributed by atoms with E-state index in [1.807, 2.05) is 0 Å². The van der Waals surface area contributed by atoms with Gasteiger partial charge in [0.25, 0.3) is 5.91 Å². The van der Waals surface area contributed by atoms with E-state index in [1.54, 1.807) is 6.92 Å². The topological polar surface area (TPSA) is 173 Å². The first-order chi connectivity index (χ1) is 22.3. The predicted molar refractivity (Wildman–Crippen MR) is 164 cm³/mol. The van der Waals surface area contributed by atoms with Gasteiger partial charge in [0.05, 0.1) is 43.0 Å². The van der Waals surface area contributed by atoms with Gasteiger partial charge in [0.1, 0.15) is 22.9 Å². The monoisotopic (exact) mass is 681 g/mol. The molecule has 0 spiro atoms. The molecular formula is C29H32F4N7O6P. The Hall–Kier alpha value is -4.57. The van der Waals surface area contributed by atoms with Crippen molar-refractivity contribution in [1.29, 1.82) is 0 Å². The van der Waals surface area contributed by atoms with E-state index in [0.717, 1.165) is 6.07 Å². The minimum absolute atomic E-state index is 0.0279. The highest BCUT2D eigenvalue weighted by molar-refractivity contribution is 7.51. The molecule has 1 amide bonds. The fourth-order valence-electron chi connectivity index (χ4n) is 4.49. The highest BCUT2D eigenvalue weighted by Gasteiger charge is 2.36. The number of aliphatic hydroxyl groups excluding tert-OH is 1. The number of amides is 1. The van der Waals surface area contributed by atoms with Crippen LogP contribution in [0.15, 0.2) is 48.9 Å². The molecule has 0 aliphatic carbocycles. The largest absolute Gasteiger partial charge is 0.495 e. The number of aromatic nitrogens is 4. The number of nitrogens with zero attached hydrogens (tertiary/aromatic N) is 4. The zero-order valence-corrected chi connectivity index (χ0v) is 26.3. The van der Waals surface area contributed by atoms with E-state index in [9.17, 15) is 27.4 Å². The van der Waals surface area contributed by atoms with Crippen LogP contribution in [0.4, 0.5) is 40.7 Å². The van der Waals surface area contributed by atoms with E-state index in [2.05, 4.69) is 31.0 Å². The standard InChI is InChI=1S/C29H32F4N7O6P/c1-4-46-47(43,44)16-17-6-7-23(25(10-17)45-3)38-28-35-14-21(29(31,32)33)26(39-28)37-24-12-22(30)19(11-20(24)27(42)34-2)18-13-36-40(15-18)8-5-9-41/h6-7,10-15,41H,4-5,8-9,16H2,1-3H3,(H,34,42)(H,43,44)(H2,35,37,38,39). The molecule has 2 aromatic carbocycles. The molecule has 2 heterocycles. The normalized spacial score (nSPS) is 12.8. The van der Waals surface area contributed by atoms with Gasteiger partial charge in [-0.2, -0.15) is 23.3 Å². The molecule has 0 fully saturated rings. The zero-order chi connectivity index (χ0) is 34.4. The summed E-state index contributed by atoms with van der Waals surface area (Å²) in [6.07, 6.45) is -1.43. The Morgan fingerprint density at radius 2 is 1.89 bits per heavy atom. The lowest BCUT2D eigenvalue weighted by Gasteiger charge is -2.18. The Morgan fingerprint density at radius 3 is 2.55 bits per heavy atom. The quantitative estimate of drug-likeness (QED) is 0.0846. The van der Waals surface area contributed by atoms with Crippen LogP contribution in [-0.2, 0) is 28.0 Å². The summed E-state index contributed by atoms with van der Waals surface area (Å²) in [7, 11) is -1.28. The molecule has 2 aromatic heterocycles. The molecule has 18 heteroatoms. The first kappa shape index (κ1) is 35.3. The smallest absolute Gasteiger partial charge is 0.421 e. The number of hydrogen-bond acceptors (Lipinski definition) is 10. The van der Waals surface area contributed by atoms with Crippen LogP contribution in [0, 0.1) is 5.82 Å². The lowest BCUT2D eigenvalue weighted by atomic mass is 10.0. The van der Waals surface area contributed by atoms with E-state index in [-0.39, 0.29) is 53.6 Å². The number of anilines is 4. The number of methoxy groups -OCH3 is 1. The van der Waals surface area contributed by atoms with Gasteiger partial charge in [-0.25, -0.2) is 9.37 Å². The summed E-state index contributed by atoms with van der Waals surface area (Å²) in [5.41, 5.74) is -0.894. The van der Waals surface area contributed by atoms with Gasteiger partial charge in [-0.1, -0.05) is 6.07 Å². The Labute approximate surface area is 266 Å². The summed E-state index contributed by atoms with van der Waals surface area (Å²) < 4.78 is 81.5. The highest BCUT2D eigenvalue weighted by atomic mass is 31.2. The number of halogens is 4. The van der Waals surface area contributed by atoms with Crippen LogP contribution >= 0.6 is 7.60 Å². The van der Waals surface area contributed by atoms with Crippen LogP contribution in [0.2, 0.25) is 0 Å². The van der Waals surface area contributed by atoms with Crippen molar-refractivity contribution in [2.75, 3.05) is 38.0 Å². The molecular weight excluding hydrogens is 649 g/mol. The molecule has 1 unspecified atom stereocenters. The lowest BCUT2D eigenvalue weighted by molar-refractivity contribution is -0.137. The molecule has 4 rings (SSSR count). The number of carbonyl (C=O) groups excluding carboxylic acids is 1. The molecule has 0 bridgehead atoms. The maximum atomic E-state index is 15.4. The van der Waals surface area contributed by atoms with Crippen molar-refractivity contribution in [2.24, 2.45) is 0 Å². The van der Waals surface area contributed by atoms with E-state index in [4.69, 9.17) is 14.4 Å². The SMILES string of the molecule is CCOP(=O)(O)Cc1ccc(Nc2ncc(C(F)(F)F)c(Nc3cc(F)c(-c4cnn(CCCO)c4)cc3C(=O)NC)n2)c(OC)c1. The van der Waals surface area contributed by atoms with Gasteiger partial charge in [-0.05, 0) is 43.2 Å². The molecule has 5 N–H and O–H groups in total. The maximum Gasteiger partial charge on any atom is 0.421 e. The first-order valence-corrected chi connectivity index (χ1v) is 15.9. The molecule has 47 heavy (non-hydrogen) atoms. The third-order valence-corrected chi connectivity index (χ3v) is 8.07. The van der Waals surface area contributed by atoms with Crippen LogP contribution in [0.3, 0.4) is 0 Å². The number of carbonyl (C=O) groups is 1. The zero-order valence-electron chi connectivity index (χ0n) is 25.4. The molecule has 252 valence electrons. The molecule has 0 aliphatic heterocycles. The second kappa shape index (κ2) is 14.9. The van der Waals surface area contributed by atoms with Crippen molar-refractivity contribution < 1.29 is 46.2 Å². The second-order valence-electron chi connectivity index (χ2n) is 9.98. The number of aryl methyl sites for hydroxylation is 1. The summed E-state index contributed by atoms with van der Waals surface area (Å²) in [4.78, 5) is 30.6. The van der Waals surface area contributed by atoms with Crippen LogP contribution in [-0.4, -0.2) is 63.0 Å². The maximum absolute atomic E-state index is 15.4. The molecule has 0 saturated carbocycles. The number of alkyl halides is 3. The highest BCUT2D eigenvalue weighted by Crippen LogP contribution is 2.46. The Morgan fingerprint density at radius 1 is 1.13 bits per heavy atom. The number of hydrogen-bond donors (Lipinski definition) is 5. The van der Waals surface area contributed by atoms with E-state index in [0.29, 0.717) is 30.3 Å². The van der Waals surface area contributed by atoms with Crippen LogP contribution in [0.5, 0.6) is 5.75 Å². The Bertz CT molecular complexity index is 1790. The van der Waals surface area contributed by atoms with Crippen molar-refractivity contribution in [3.8, 4) is 16.9 Å². The van der Waals surface area contributed by atoms with Crippen molar-refractivity contribution in [1.82, 2.24) is 25.1 Å². The number of ether oxygens (including phenoxy) is 1. The number of nitrogens with one attached hydrogen (secondary N) is 3. The molecule has 0 saturated heterocycles. The van der Waals surface area contributed by atoms with Crippen LogP contribution < -0.4 is 20.7 Å². The summed E-state index contributed by atoms with van der Waals surface area (Å²) >= 11 is 0. The van der Waals surface area contributed by atoms with Gasteiger partial charge < -0.3 is 35.2 Å². The number of rotatable bonds is 14. The molecule has 4 aromatic rings. The van der Waals surface area contributed by atoms with Gasteiger partial charge in [0.2, 0.25) is 5.95 Å². The average Bonchev–Trinajstić information content (AvgIpc) is 3.48. The molecule has 0 radical (unpaired) electrons. The van der Waals surface area contributed by atoms with Gasteiger partial charge in [-0.15, -0.1) is 0 Å². The van der Waals surface area contributed by atoms with Crippen molar-refractivity contribution in [3.05, 3.63) is 71.4 Å². The van der Waals surface area contributed by atoms with Crippen molar-refractivity contribution in [3.63, 3.8) is 0 Å². The molecule has 13 nitrogen and oxygen atoms in total. The number of benzene rings is 2. The Kier molecular flexibility index (Phi) is 11.2. The fraction of sp³-hybridized carbons (Fsp3) is 0.310. The first-order valence-electron chi connectivity index (χ1n) is 14.1. The minimum Gasteiger partial charge on any atom is -0.495 e. The lowest BCUT2D eigenvalue weighted by Crippen LogP contribution is -2.20. The van der Waals surface area contributed by atoms with E-state index >= 15 is 4.39 Å². The Balaban J connectivity index is 1.71. The molecule has 1 atom stereocenters. The van der Waals surface area contributed by atoms with Crippen molar-refractivity contribution in [2.45, 2.75) is 32.2 Å². The van der Waals surface area contributed by atoms with Gasteiger partial charge in [0, 0.05) is 43.7 Å². The van der Waals surface area contributed by atoms with Crippen molar-refractivity contribution >= 4 is 36.6 Å². The second-order valence-corrected chi connectivity index (χ2v) is 11.8. The van der Waals surface area contributed by atoms with Crippen LogP contribution in [0.1, 0.15) is 34.8 Å². The number of aliphatic hydroxyl groups is 1. The third kappa shape index (κ3) is 8.83. The average molecular weight is 682 g/mol. The summed E-state index contributed by atoms with van der Waals surface area (Å²) in [5.74, 6) is -2.51. The summed E-state index contributed by atoms with van der Waals surface area (Å²) in [6, 6.07) is 6.46. The predicted octanol–water partition coefficient (Wildman–Crippen LogP) is 5.46. The summed E-state index contributed by atoms with van der Waals surface area (Å²) in [6.45, 7) is 1.90. The van der Waals surface area contributed by atoms with Gasteiger partial charge in [0.15, 0.2) is 0 Å². The van der Waals surface area contributed by atoms with Gasteiger partial charge >= 0.3 is 13.8 Å². The minimum atomic E-state index is -4.94.